The minimum absolute atomic E-state index is 0.588. The number of pyridine rings is 1. The molecule has 64 valence electrons. The lowest BCUT2D eigenvalue weighted by molar-refractivity contribution is 1.32. The highest BCUT2D eigenvalue weighted by Crippen LogP contribution is 2.21. The molecule has 0 aliphatic carbocycles. The van der Waals surface area contributed by atoms with Gasteiger partial charge in [0.05, 0.1) is 0 Å². The topological polar surface area (TPSA) is 25.2 Å². The van der Waals surface area contributed by atoms with Crippen molar-refractivity contribution in [3.8, 4) is 0 Å². The summed E-state index contributed by atoms with van der Waals surface area (Å²) in [6.07, 6.45) is 1.77. The van der Waals surface area contributed by atoms with Crippen LogP contribution in [0, 0.1) is 0 Å². The van der Waals surface area contributed by atoms with Gasteiger partial charge in [-0.05, 0) is 23.6 Å². The van der Waals surface area contributed by atoms with E-state index in [0.29, 0.717) is 5.82 Å². The van der Waals surface area contributed by atoms with Crippen LogP contribution in [-0.4, -0.2) is 4.98 Å². The highest BCUT2D eigenvalue weighted by atomic mass is 79.9. The summed E-state index contributed by atoms with van der Waals surface area (Å²) in [4.78, 5) is 4.07. The van der Waals surface area contributed by atoms with Gasteiger partial charge >= 0.3 is 0 Å². The van der Waals surface area contributed by atoms with Crippen LogP contribution in [0.4, 0.5) is 5.82 Å². The maximum absolute atomic E-state index is 4.56. The fraction of sp³-hybridized carbons (Fsp3) is 0. The van der Waals surface area contributed by atoms with Gasteiger partial charge in [0.25, 0.3) is 0 Å². The summed E-state index contributed by atoms with van der Waals surface area (Å²) in [6, 6.07) is 7.87. The van der Waals surface area contributed by atoms with Crippen LogP contribution in [0.25, 0.3) is 10.8 Å². The summed E-state index contributed by atoms with van der Waals surface area (Å²) in [5.41, 5.74) is 0. The van der Waals surface area contributed by atoms with Crippen LogP contribution < -0.4 is 0 Å². The van der Waals surface area contributed by atoms with Crippen molar-refractivity contribution in [1.29, 1.82) is 0 Å². The first-order valence-electron chi connectivity index (χ1n) is 3.68. The van der Waals surface area contributed by atoms with E-state index in [1.807, 2.05) is 24.3 Å². The third kappa shape index (κ3) is 1.73. The molecule has 0 atom stereocenters. The summed E-state index contributed by atoms with van der Waals surface area (Å²) < 4.78 is 4.65. The molecule has 0 fully saturated rings. The number of aromatic nitrogens is 1. The highest BCUT2D eigenvalue weighted by molar-refractivity contribution is 9.10. The van der Waals surface area contributed by atoms with E-state index in [1.165, 1.54) is 0 Å². The van der Waals surface area contributed by atoms with E-state index in [4.69, 9.17) is 0 Å². The number of nitrogens with zero attached hydrogens (tertiary/aromatic N) is 2. The zero-order valence-electron chi connectivity index (χ0n) is 6.57. The molecule has 0 radical (unpaired) electrons. The summed E-state index contributed by atoms with van der Waals surface area (Å²) in [5, 5.41) is 2.18. The Bertz CT molecular complexity index is 470. The zero-order chi connectivity index (χ0) is 9.26. The van der Waals surface area contributed by atoms with E-state index in [2.05, 4.69) is 37.7 Å². The average molecular weight is 253 g/mol. The second-order valence-electron chi connectivity index (χ2n) is 2.63. The predicted octanol–water partition coefficient (Wildman–Crippen LogP) is 3.36. The van der Waals surface area contributed by atoms with Gasteiger partial charge in [0.1, 0.15) is 0 Å². The van der Waals surface area contributed by atoms with Gasteiger partial charge in [0, 0.05) is 28.5 Å². The van der Waals surface area contributed by atoms with E-state index in [0.717, 1.165) is 15.2 Å². The van der Waals surface area contributed by atoms with Crippen LogP contribution in [0.15, 0.2) is 39.3 Å². The van der Waals surface area contributed by atoms with E-state index >= 15 is 0 Å². The SMILES string of the molecule is S=Nc1cc2ccc(Br)cc2cn1. The van der Waals surface area contributed by atoms with Crippen molar-refractivity contribution in [3.05, 3.63) is 34.9 Å². The van der Waals surface area contributed by atoms with E-state index in [-0.39, 0.29) is 0 Å². The fourth-order valence-corrected chi connectivity index (χ4v) is 1.63. The minimum atomic E-state index is 0.588. The molecule has 2 aromatic rings. The molecule has 0 bridgehead atoms. The molecule has 13 heavy (non-hydrogen) atoms. The van der Waals surface area contributed by atoms with Gasteiger partial charge in [0.2, 0.25) is 0 Å². The van der Waals surface area contributed by atoms with E-state index in [1.54, 1.807) is 6.20 Å². The Hall–Kier alpha value is -0.870. The molecule has 0 aliphatic rings. The quantitative estimate of drug-likeness (QED) is 0.778. The van der Waals surface area contributed by atoms with E-state index < -0.39 is 0 Å². The van der Waals surface area contributed by atoms with Crippen LogP contribution in [-0.2, 0) is 12.4 Å². The largest absolute Gasteiger partial charge is 0.236 e. The minimum Gasteiger partial charge on any atom is -0.236 e. The Morgan fingerprint density at radius 1 is 1.23 bits per heavy atom. The van der Waals surface area contributed by atoms with Crippen molar-refractivity contribution in [2.24, 2.45) is 4.36 Å². The van der Waals surface area contributed by atoms with Crippen LogP contribution >= 0.6 is 15.9 Å². The zero-order valence-corrected chi connectivity index (χ0v) is 8.97. The third-order valence-corrected chi connectivity index (χ3v) is 2.44. The molecule has 2 rings (SSSR count). The summed E-state index contributed by atoms with van der Waals surface area (Å²) >= 11 is 7.96. The molecule has 0 spiro atoms. The lowest BCUT2D eigenvalue weighted by atomic mass is 10.2. The van der Waals surface area contributed by atoms with Gasteiger partial charge in [-0.2, -0.15) is 4.36 Å². The van der Waals surface area contributed by atoms with Crippen LogP contribution in [0.5, 0.6) is 0 Å². The van der Waals surface area contributed by atoms with E-state index in [9.17, 15) is 0 Å². The number of hydrogen-bond acceptors (Lipinski definition) is 3. The van der Waals surface area contributed by atoms with Gasteiger partial charge < -0.3 is 0 Å². The van der Waals surface area contributed by atoms with Crippen molar-refractivity contribution < 1.29 is 0 Å². The Morgan fingerprint density at radius 3 is 2.85 bits per heavy atom. The number of fused-ring (bicyclic) bond motifs is 1. The van der Waals surface area contributed by atoms with Crippen molar-refractivity contribution in [3.63, 3.8) is 0 Å². The lowest BCUT2D eigenvalue weighted by Gasteiger charge is -1.97. The molecule has 1 aromatic heterocycles. The van der Waals surface area contributed by atoms with Crippen LogP contribution in [0.2, 0.25) is 0 Å². The van der Waals surface area contributed by atoms with Crippen LogP contribution in [0.3, 0.4) is 0 Å². The molecule has 2 nitrogen and oxygen atoms in total. The number of halogens is 1. The lowest BCUT2D eigenvalue weighted by Crippen LogP contribution is -1.76. The molecule has 0 amide bonds. The highest BCUT2D eigenvalue weighted by Gasteiger charge is 1.96. The Balaban J connectivity index is 2.73. The first-order valence-corrected chi connectivity index (χ1v) is 4.84. The molecule has 0 saturated carbocycles. The molecule has 1 aromatic carbocycles. The maximum atomic E-state index is 4.56. The first-order chi connectivity index (χ1) is 6.29. The summed E-state index contributed by atoms with van der Waals surface area (Å²) in [6.45, 7) is 0. The number of benzene rings is 1. The molecule has 0 saturated heterocycles. The first kappa shape index (κ1) is 8.72. The summed E-state index contributed by atoms with van der Waals surface area (Å²) in [7, 11) is 0. The molecule has 1 heterocycles. The van der Waals surface area contributed by atoms with Crippen LogP contribution in [0.1, 0.15) is 0 Å². The van der Waals surface area contributed by atoms with Gasteiger partial charge in [0.15, 0.2) is 5.82 Å². The Labute approximate surface area is 89.3 Å². The number of rotatable bonds is 1. The molecular weight excluding hydrogens is 248 g/mol. The van der Waals surface area contributed by atoms with Crippen molar-refractivity contribution in [2.45, 2.75) is 0 Å². The second kappa shape index (κ2) is 3.47. The monoisotopic (exact) mass is 252 g/mol. The normalized spacial score (nSPS) is 10.2. The average Bonchev–Trinajstić information content (AvgIpc) is 2.17. The Kier molecular flexibility index (Phi) is 2.33. The third-order valence-electron chi connectivity index (χ3n) is 1.76. The number of hydrogen-bond donors (Lipinski definition) is 0. The molecule has 0 N–H and O–H groups in total. The molecule has 0 aliphatic heterocycles. The van der Waals surface area contributed by atoms with Gasteiger partial charge in [-0.1, -0.05) is 22.0 Å². The smallest absolute Gasteiger partial charge is 0.166 e. The van der Waals surface area contributed by atoms with Gasteiger partial charge in [-0.3, -0.25) is 0 Å². The maximum Gasteiger partial charge on any atom is 0.166 e. The second-order valence-corrected chi connectivity index (χ2v) is 3.72. The van der Waals surface area contributed by atoms with Crippen molar-refractivity contribution in [1.82, 2.24) is 4.98 Å². The fourth-order valence-electron chi connectivity index (χ4n) is 1.15. The molecule has 0 unspecified atom stereocenters. The van der Waals surface area contributed by atoms with Crippen molar-refractivity contribution in [2.75, 3.05) is 0 Å². The standard InChI is InChI=1S/C9H5BrN2S/c10-8-2-1-6-4-9(12-13)11-5-7(6)3-8/h1-5H. The Morgan fingerprint density at radius 2 is 2.08 bits per heavy atom. The van der Waals surface area contributed by atoms with Gasteiger partial charge in [-0.15, -0.1) is 0 Å². The molecular formula is C9H5BrN2S. The molecule has 4 heteroatoms. The van der Waals surface area contributed by atoms with Crippen molar-refractivity contribution >= 4 is 44.9 Å². The summed E-state index contributed by atoms with van der Waals surface area (Å²) in [5.74, 6) is 0.588. The predicted molar refractivity (Wildman–Crippen MR) is 58.9 cm³/mol. The van der Waals surface area contributed by atoms with Gasteiger partial charge in [-0.25, -0.2) is 4.98 Å².